The number of para-hydroxylation sites is 1. The van der Waals surface area contributed by atoms with Crippen LogP contribution in [0.2, 0.25) is 0 Å². The van der Waals surface area contributed by atoms with Crippen LogP contribution in [-0.4, -0.2) is 28.1 Å². The molecule has 2 rings (SSSR count). The normalized spacial score (nSPS) is 13.9. The van der Waals surface area contributed by atoms with E-state index in [0.29, 0.717) is 29.3 Å². The summed E-state index contributed by atoms with van der Waals surface area (Å²) in [7, 11) is 0. The Morgan fingerprint density at radius 1 is 1.38 bits per heavy atom. The van der Waals surface area contributed by atoms with E-state index in [4.69, 9.17) is 5.11 Å². The number of hydrogen-bond donors (Lipinski definition) is 3. The molecule has 0 bridgehead atoms. The van der Waals surface area contributed by atoms with E-state index in [1.54, 1.807) is 12.1 Å². The summed E-state index contributed by atoms with van der Waals surface area (Å²) in [6.07, 6.45) is 1.16. The Balaban J connectivity index is 2.42. The van der Waals surface area contributed by atoms with E-state index < -0.39 is 5.54 Å². The highest BCUT2D eigenvalue weighted by Gasteiger charge is 2.25. The van der Waals surface area contributed by atoms with Crippen molar-refractivity contribution >= 4 is 16.8 Å². The van der Waals surface area contributed by atoms with Crippen LogP contribution in [0.4, 0.5) is 0 Å². The van der Waals surface area contributed by atoms with Crippen LogP contribution in [0, 0.1) is 0 Å². The standard InChI is InChI=1S/C16H20N2O3/c1-3-16(2,8-9-19)18-15(21)12-10-14(20)17-13-7-5-4-6-11(12)13/h4-7,10,19H,3,8-9H2,1-2H3,(H,17,20)(H,18,21). The summed E-state index contributed by atoms with van der Waals surface area (Å²) in [6, 6.07) is 8.51. The summed E-state index contributed by atoms with van der Waals surface area (Å²) in [5.41, 5.74) is 0.192. The Bertz CT molecular complexity index is 708. The molecule has 1 heterocycles. The van der Waals surface area contributed by atoms with Gasteiger partial charge in [0.25, 0.3) is 5.91 Å². The molecule has 5 heteroatoms. The van der Waals surface area contributed by atoms with Crippen molar-refractivity contribution in [2.75, 3.05) is 6.61 Å². The predicted octanol–water partition coefficient (Wildman–Crippen LogP) is 1.81. The largest absolute Gasteiger partial charge is 0.396 e. The van der Waals surface area contributed by atoms with Gasteiger partial charge in [-0.2, -0.15) is 0 Å². The molecule has 1 unspecified atom stereocenters. The second kappa shape index (κ2) is 6.10. The van der Waals surface area contributed by atoms with Gasteiger partial charge in [0.1, 0.15) is 0 Å². The van der Waals surface area contributed by atoms with Gasteiger partial charge in [0.15, 0.2) is 0 Å². The molecule has 0 saturated carbocycles. The van der Waals surface area contributed by atoms with E-state index in [9.17, 15) is 9.59 Å². The van der Waals surface area contributed by atoms with Crippen LogP contribution in [0.1, 0.15) is 37.0 Å². The molecular formula is C16H20N2O3. The van der Waals surface area contributed by atoms with Gasteiger partial charge in [0, 0.05) is 29.1 Å². The molecule has 3 N–H and O–H groups in total. The highest BCUT2D eigenvalue weighted by molar-refractivity contribution is 6.06. The highest BCUT2D eigenvalue weighted by atomic mass is 16.3. The fraction of sp³-hybridized carbons (Fsp3) is 0.375. The number of H-pyrrole nitrogens is 1. The fourth-order valence-electron chi connectivity index (χ4n) is 2.31. The molecule has 1 aromatic carbocycles. The first kappa shape index (κ1) is 15.3. The van der Waals surface area contributed by atoms with Gasteiger partial charge in [-0.1, -0.05) is 25.1 Å². The van der Waals surface area contributed by atoms with E-state index in [-0.39, 0.29) is 18.1 Å². The SMILES string of the molecule is CCC(C)(CCO)NC(=O)c1cc(=O)[nH]c2ccccc12. The molecule has 1 aromatic heterocycles. The number of fused-ring (bicyclic) bond motifs is 1. The minimum Gasteiger partial charge on any atom is -0.396 e. The smallest absolute Gasteiger partial charge is 0.252 e. The first-order valence-corrected chi connectivity index (χ1v) is 7.04. The van der Waals surface area contributed by atoms with Crippen molar-refractivity contribution in [2.45, 2.75) is 32.2 Å². The maximum absolute atomic E-state index is 12.5. The van der Waals surface area contributed by atoms with Crippen molar-refractivity contribution in [3.05, 3.63) is 46.2 Å². The van der Waals surface area contributed by atoms with Crippen molar-refractivity contribution in [1.29, 1.82) is 0 Å². The second-order valence-electron chi connectivity index (χ2n) is 5.43. The highest BCUT2D eigenvalue weighted by Crippen LogP contribution is 2.18. The number of hydrogen-bond acceptors (Lipinski definition) is 3. The Morgan fingerprint density at radius 3 is 2.76 bits per heavy atom. The molecular weight excluding hydrogens is 268 g/mol. The van der Waals surface area contributed by atoms with Gasteiger partial charge in [0.05, 0.1) is 5.56 Å². The van der Waals surface area contributed by atoms with Gasteiger partial charge in [-0.15, -0.1) is 0 Å². The topological polar surface area (TPSA) is 82.2 Å². The molecule has 1 atom stereocenters. The van der Waals surface area contributed by atoms with Gasteiger partial charge in [-0.3, -0.25) is 9.59 Å². The zero-order valence-electron chi connectivity index (χ0n) is 12.3. The number of aliphatic hydroxyl groups excluding tert-OH is 1. The Kier molecular flexibility index (Phi) is 4.43. The number of carbonyl (C=O) groups is 1. The quantitative estimate of drug-likeness (QED) is 0.784. The van der Waals surface area contributed by atoms with Crippen LogP contribution in [0.5, 0.6) is 0 Å². The van der Waals surface area contributed by atoms with Crippen LogP contribution in [0.15, 0.2) is 35.1 Å². The Labute approximate surface area is 123 Å². The van der Waals surface area contributed by atoms with Crippen LogP contribution in [0.25, 0.3) is 10.9 Å². The lowest BCUT2D eigenvalue weighted by Gasteiger charge is -2.29. The van der Waals surface area contributed by atoms with E-state index >= 15 is 0 Å². The fourth-order valence-corrected chi connectivity index (χ4v) is 2.31. The minimum atomic E-state index is -0.491. The average Bonchev–Trinajstić information content (AvgIpc) is 2.46. The molecule has 2 aromatic rings. The number of carbonyl (C=O) groups excluding carboxylic acids is 1. The monoisotopic (exact) mass is 288 g/mol. The van der Waals surface area contributed by atoms with E-state index in [0.717, 1.165) is 0 Å². The summed E-state index contributed by atoms with van der Waals surface area (Å²) in [5.74, 6) is -0.296. The maximum atomic E-state index is 12.5. The lowest BCUT2D eigenvalue weighted by Crippen LogP contribution is -2.46. The van der Waals surface area contributed by atoms with Gasteiger partial charge in [0.2, 0.25) is 5.56 Å². The van der Waals surface area contributed by atoms with Gasteiger partial charge < -0.3 is 15.4 Å². The average molecular weight is 288 g/mol. The number of aromatic nitrogens is 1. The van der Waals surface area contributed by atoms with E-state index in [2.05, 4.69) is 10.3 Å². The molecule has 112 valence electrons. The molecule has 5 nitrogen and oxygen atoms in total. The Morgan fingerprint density at radius 2 is 2.10 bits per heavy atom. The number of rotatable bonds is 5. The lowest BCUT2D eigenvalue weighted by atomic mass is 9.94. The van der Waals surface area contributed by atoms with Gasteiger partial charge >= 0.3 is 0 Å². The lowest BCUT2D eigenvalue weighted by molar-refractivity contribution is 0.0887. The molecule has 0 radical (unpaired) electrons. The molecule has 0 spiro atoms. The van der Waals surface area contributed by atoms with E-state index in [1.165, 1.54) is 6.07 Å². The van der Waals surface area contributed by atoms with Crippen molar-refractivity contribution in [2.24, 2.45) is 0 Å². The number of amides is 1. The number of aromatic amines is 1. The number of nitrogens with one attached hydrogen (secondary N) is 2. The summed E-state index contributed by atoms with van der Waals surface area (Å²) in [5, 5.41) is 12.8. The van der Waals surface area contributed by atoms with Crippen molar-refractivity contribution < 1.29 is 9.90 Å². The minimum absolute atomic E-state index is 0.000735. The number of aliphatic hydroxyl groups is 1. The second-order valence-corrected chi connectivity index (χ2v) is 5.43. The third-order valence-corrected chi connectivity index (χ3v) is 3.85. The zero-order valence-corrected chi connectivity index (χ0v) is 12.3. The summed E-state index contributed by atoms with van der Waals surface area (Å²) < 4.78 is 0. The first-order valence-electron chi connectivity index (χ1n) is 7.04. The summed E-state index contributed by atoms with van der Waals surface area (Å²) in [4.78, 5) is 26.9. The van der Waals surface area contributed by atoms with E-state index in [1.807, 2.05) is 26.0 Å². The molecule has 0 aliphatic carbocycles. The van der Waals surface area contributed by atoms with Gasteiger partial charge in [-0.05, 0) is 25.8 Å². The van der Waals surface area contributed by atoms with Crippen molar-refractivity contribution in [1.82, 2.24) is 10.3 Å². The van der Waals surface area contributed by atoms with Crippen molar-refractivity contribution in [3.8, 4) is 0 Å². The molecule has 0 saturated heterocycles. The van der Waals surface area contributed by atoms with Crippen LogP contribution in [0.3, 0.4) is 0 Å². The van der Waals surface area contributed by atoms with Crippen LogP contribution in [-0.2, 0) is 0 Å². The number of benzene rings is 1. The van der Waals surface area contributed by atoms with Gasteiger partial charge in [-0.25, -0.2) is 0 Å². The molecule has 0 fully saturated rings. The third kappa shape index (κ3) is 3.31. The predicted molar refractivity (Wildman–Crippen MR) is 82.4 cm³/mol. The third-order valence-electron chi connectivity index (χ3n) is 3.85. The molecule has 0 aliphatic rings. The van der Waals surface area contributed by atoms with Crippen molar-refractivity contribution in [3.63, 3.8) is 0 Å². The number of pyridine rings is 1. The van der Waals surface area contributed by atoms with Crippen LogP contribution < -0.4 is 10.9 Å². The maximum Gasteiger partial charge on any atom is 0.252 e. The van der Waals surface area contributed by atoms with Crippen LogP contribution >= 0.6 is 0 Å². The molecule has 21 heavy (non-hydrogen) atoms. The first-order chi connectivity index (χ1) is 9.99. The summed E-state index contributed by atoms with van der Waals surface area (Å²) in [6.45, 7) is 3.84. The zero-order chi connectivity index (χ0) is 15.5. The molecule has 0 aliphatic heterocycles. The summed E-state index contributed by atoms with van der Waals surface area (Å²) >= 11 is 0. The molecule has 1 amide bonds. The Hall–Kier alpha value is -2.14.